The highest BCUT2D eigenvalue weighted by Crippen LogP contribution is 2.38. The third kappa shape index (κ3) is 2.66. The first kappa shape index (κ1) is 13.4. The van der Waals surface area contributed by atoms with Crippen LogP contribution < -0.4 is 5.73 Å². The lowest BCUT2D eigenvalue weighted by molar-refractivity contribution is 1.28. The highest BCUT2D eigenvalue weighted by Gasteiger charge is 2.09. The van der Waals surface area contributed by atoms with Crippen LogP contribution in [0.15, 0.2) is 50.1 Å². The minimum Gasteiger partial charge on any atom is -0.399 e. The molecule has 2 N–H and O–H groups in total. The largest absolute Gasteiger partial charge is 0.399 e. The summed E-state index contributed by atoms with van der Waals surface area (Å²) in [5.41, 5.74) is 8.12. The number of nitrogens with zero attached hydrogens (tertiary/aromatic N) is 2. The van der Waals surface area contributed by atoms with Gasteiger partial charge in [-0.3, -0.25) is 0 Å². The molecule has 3 rings (SSSR count). The average molecular weight is 362 g/mol. The van der Waals surface area contributed by atoms with Gasteiger partial charge in [-0.15, -0.1) is 11.3 Å². The summed E-state index contributed by atoms with van der Waals surface area (Å²) < 4.78 is 2.94. The van der Waals surface area contributed by atoms with E-state index in [-0.39, 0.29) is 0 Å². The van der Waals surface area contributed by atoms with Gasteiger partial charge in [0, 0.05) is 15.1 Å². The van der Waals surface area contributed by atoms with Crippen molar-refractivity contribution < 1.29 is 0 Å². The van der Waals surface area contributed by atoms with E-state index in [1.165, 1.54) is 0 Å². The first-order valence-electron chi connectivity index (χ1n) is 5.69. The quantitative estimate of drug-likeness (QED) is 0.674. The zero-order chi connectivity index (χ0) is 14.1. The molecule has 0 amide bonds. The van der Waals surface area contributed by atoms with Crippen LogP contribution in [0, 0.1) is 11.3 Å². The van der Waals surface area contributed by atoms with Crippen LogP contribution in [-0.4, -0.2) is 4.98 Å². The summed E-state index contributed by atoms with van der Waals surface area (Å²) in [4.78, 5) is 5.61. The van der Waals surface area contributed by atoms with Gasteiger partial charge in [0.1, 0.15) is 0 Å². The highest BCUT2D eigenvalue weighted by atomic mass is 79.9. The number of aromatic nitrogens is 1. The van der Waals surface area contributed by atoms with Crippen LogP contribution in [0.25, 0.3) is 10.2 Å². The number of nitrogens with two attached hydrogens (primary N) is 1. The van der Waals surface area contributed by atoms with E-state index in [2.05, 4.69) is 27.0 Å². The normalized spacial score (nSPS) is 10.6. The molecule has 98 valence electrons. The Morgan fingerprint density at radius 1 is 1.25 bits per heavy atom. The molecule has 0 radical (unpaired) electrons. The fourth-order valence-electron chi connectivity index (χ4n) is 1.71. The molecule has 0 unspecified atom stereocenters. The second-order valence-electron chi connectivity index (χ2n) is 4.07. The van der Waals surface area contributed by atoms with Gasteiger partial charge in [-0.25, -0.2) is 4.98 Å². The lowest BCUT2D eigenvalue weighted by Crippen LogP contribution is -1.81. The van der Waals surface area contributed by atoms with Crippen molar-refractivity contribution in [1.82, 2.24) is 4.98 Å². The Balaban J connectivity index is 1.95. The molecular weight excluding hydrogens is 354 g/mol. The summed E-state index contributed by atoms with van der Waals surface area (Å²) in [6.07, 6.45) is 0. The molecule has 1 aromatic heterocycles. The third-order valence-electron chi connectivity index (χ3n) is 2.65. The van der Waals surface area contributed by atoms with E-state index in [1.54, 1.807) is 29.2 Å². The summed E-state index contributed by atoms with van der Waals surface area (Å²) >= 11 is 6.67. The monoisotopic (exact) mass is 361 g/mol. The van der Waals surface area contributed by atoms with E-state index in [0.29, 0.717) is 5.56 Å². The predicted molar refractivity (Wildman–Crippen MR) is 87.0 cm³/mol. The number of hydrogen-bond donors (Lipinski definition) is 1. The summed E-state index contributed by atoms with van der Waals surface area (Å²) in [5.74, 6) is 0. The molecule has 0 saturated carbocycles. The van der Waals surface area contributed by atoms with E-state index in [1.807, 2.05) is 30.3 Å². The maximum atomic E-state index is 8.86. The van der Waals surface area contributed by atoms with Gasteiger partial charge >= 0.3 is 0 Å². The molecule has 0 aliphatic heterocycles. The van der Waals surface area contributed by atoms with Crippen LogP contribution in [-0.2, 0) is 0 Å². The van der Waals surface area contributed by atoms with Crippen molar-refractivity contribution in [3.63, 3.8) is 0 Å². The van der Waals surface area contributed by atoms with Crippen LogP contribution in [0.4, 0.5) is 5.69 Å². The van der Waals surface area contributed by atoms with Gasteiger partial charge in [-0.05, 0) is 52.3 Å². The molecular formula is C14H8BrN3S2. The Bertz CT molecular complexity index is 836. The number of anilines is 1. The summed E-state index contributed by atoms with van der Waals surface area (Å²) in [6, 6.07) is 13.4. The number of hydrogen-bond acceptors (Lipinski definition) is 5. The zero-order valence-electron chi connectivity index (χ0n) is 10.1. The predicted octanol–water partition coefficient (Wildman–Crippen LogP) is 4.66. The van der Waals surface area contributed by atoms with Gasteiger partial charge < -0.3 is 5.73 Å². The number of benzene rings is 2. The van der Waals surface area contributed by atoms with Crippen molar-refractivity contribution in [2.75, 3.05) is 5.73 Å². The molecule has 0 saturated heterocycles. The van der Waals surface area contributed by atoms with E-state index in [0.717, 1.165) is 29.6 Å². The fourth-order valence-corrected chi connectivity index (χ4v) is 4.41. The Morgan fingerprint density at radius 2 is 2.10 bits per heavy atom. The van der Waals surface area contributed by atoms with Crippen LogP contribution in [0.3, 0.4) is 0 Å². The second kappa shape index (κ2) is 5.44. The minimum atomic E-state index is 0.637. The van der Waals surface area contributed by atoms with Crippen molar-refractivity contribution in [2.24, 2.45) is 0 Å². The molecule has 0 aliphatic carbocycles. The molecule has 3 nitrogen and oxygen atoms in total. The minimum absolute atomic E-state index is 0.637. The molecule has 0 fully saturated rings. The Labute approximate surface area is 132 Å². The van der Waals surface area contributed by atoms with Crippen LogP contribution >= 0.6 is 39.0 Å². The van der Waals surface area contributed by atoms with Crippen LogP contribution in [0.2, 0.25) is 0 Å². The van der Waals surface area contributed by atoms with Gasteiger partial charge in [-0.1, -0.05) is 11.8 Å². The van der Waals surface area contributed by atoms with Crippen molar-refractivity contribution in [2.45, 2.75) is 9.24 Å². The van der Waals surface area contributed by atoms with Gasteiger partial charge in [0.25, 0.3) is 0 Å². The molecule has 1 heterocycles. The number of nitriles is 1. The Kier molecular flexibility index (Phi) is 3.66. The van der Waals surface area contributed by atoms with Crippen molar-refractivity contribution >= 4 is 54.9 Å². The standard InChI is InChI=1S/C14H8BrN3S2/c15-10-5-8(7-16)1-4-12(10)19-14-18-11-3-2-9(17)6-13(11)20-14/h1-6H,17H2. The molecule has 0 aliphatic rings. The number of nitrogen functional groups attached to an aromatic ring is 1. The van der Waals surface area contributed by atoms with Crippen molar-refractivity contribution in [1.29, 1.82) is 5.26 Å². The van der Waals surface area contributed by atoms with Gasteiger partial charge in [0.05, 0.1) is 21.8 Å². The van der Waals surface area contributed by atoms with E-state index in [9.17, 15) is 0 Å². The second-order valence-corrected chi connectivity index (χ2v) is 7.24. The summed E-state index contributed by atoms with van der Waals surface area (Å²) in [5, 5.41) is 8.86. The first-order chi connectivity index (χ1) is 9.65. The Morgan fingerprint density at radius 3 is 2.85 bits per heavy atom. The van der Waals surface area contributed by atoms with Crippen molar-refractivity contribution in [3.05, 3.63) is 46.4 Å². The molecule has 0 spiro atoms. The Hall–Kier alpha value is -1.55. The first-order valence-corrected chi connectivity index (χ1v) is 8.12. The third-order valence-corrected chi connectivity index (χ3v) is 5.72. The fraction of sp³-hybridized carbons (Fsp3) is 0. The number of rotatable bonds is 2. The maximum absolute atomic E-state index is 8.86. The van der Waals surface area contributed by atoms with Gasteiger partial charge in [-0.2, -0.15) is 5.26 Å². The van der Waals surface area contributed by atoms with E-state index >= 15 is 0 Å². The maximum Gasteiger partial charge on any atom is 0.155 e. The van der Waals surface area contributed by atoms with Crippen LogP contribution in [0.5, 0.6) is 0 Å². The molecule has 0 atom stereocenters. The molecule has 20 heavy (non-hydrogen) atoms. The van der Waals surface area contributed by atoms with E-state index in [4.69, 9.17) is 11.0 Å². The lowest BCUT2D eigenvalue weighted by Gasteiger charge is -2.01. The topological polar surface area (TPSA) is 62.7 Å². The van der Waals surface area contributed by atoms with Crippen molar-refractivity contribution in [3.8, 4) is 6.07 Å². The zero-order valence-corrected chi connectivity index (χ0v) is 13.3. The molecule has 6 heteroatoms. The molecule has 2 aromatic carbocycles. The molecule has 3 aromatic rings. The highest BCUT2D eigenvalue weighted by molar-refractivity contribution is 9.10. The SMILES string of the molecule is N#Cc1ccc(Sc2nc3ccc(N)cc3s2)c(Br)c1. The number of thiazole rings is 1. The summed E-state index contributed by atoms with van der Waals surface area (Å²) in [6.45, 7) is 0. The van der Waals surface area contributed by atoms with Gasteiger partial charge in [0.2, 0.25) is 0 Å². The number of halogens is 1. The van der Waals surface area contributed by atoms with E-state index < -0.39 is 0 Å². The average Bonchev–Trinajstić information content (AvgIpc) is 2.82. The summed E-state index contributed by atoms with van der Waals surface area (Å²) in [7, 11) is 0. The molecule has 0 bridgehead atoms. The number of fused-ring (bicyclic) bond motifs is 1. The van der Waals surface area contributed by atoms with Gasteiger partial charge in [0.15, 0.2) is 4.34 Å². The smallest absolute Gasteiger partial charge is 0.155 e. The lowest BCUT2D eigenvalue weighted by atomic mass is 10.2. The van der Waals surface area contributed by atoms with Crippen LogP contribution in [0.1, 0.15) is 5.56 Å².